The summed E-state index contributed by atoms with van der Waals surface area (Å²) in [5.74, 6) is 1.50. The first-order valence-electron chi connectivity index (χ1n) is 11.9. The molecule has 2 aromatic rings. The lowest BCUT2D eigenvalue weighted by atomic mass is 10.1. The summed E-state index contributed by atoms with van der Waals surface area (Å²) in [6.07, 6.45) is 1.72. The van der Waals surface area contributed by atoms with E-state index in [0.29, 0.717) is 68.8 Å². The summed E-state index contributed by atoms with van der Waals surface area (Å²) >= 11 is 0. The van der Waals surface area contributed by atoms with E-state index in [1.165, 1.54) is 4.31 Å². The Morgan fingerprint density at radius 3 is 2.14 bits per heavy atom. The second kappa shape index (κ2) is 12.6. The summed E-state index contributed by atoms with van der Waals surface area (Å²) in [5.41, 5.74) is 0.307. The summed E-state index contributed by atoms with van der Waals surface area (Å²) in [6.45, 7) is 8.60. The second-order valence-corrected chi connectivity index (χ2v) is 9.84. The van der Waals surface area contributed by atoms with Gasteiger partial charge in [0.25, 0.3) is 5.91 Å². The highest BCUT2D eigenvalue weighted by atomic mass is 32.2. The number of anilines is 1. The smallest absolute Gasteiger partial charge is 0.251 e. The number of sulfonamides is 1. The topological polar surface area (TPSA) is 110 Å². The maximum Gasteiger partial charge on any atom is 0.251 e. The summed E-state index contributed by atoms with van der Waals surface area (Å²) in [6, 6.07) is 8.83. The SMILES string of the molecule is CCOc1cc(C(=O)NCCS(=O)(=O)N2CCN(c3ccccn3)CC2)cc(OCC)c1OCC. The Bertz CT molecular complexity index is 1050. The largest absolute Gasteiger partial charge is 0.490 e. The molecule has 1 saturated heterocycles. The van der Waals surface area contributed by atoms with Gasteiger partial charge in [-0.1, -0.05) is 6.07 Å². The Morgan fingerprint density at radius 1 is 0.971 bits per heavy atom. The third-order valence-corrected chi connectivity index (χ3v) is 7.29. The van der Waals surface area contributed by atoms with Crippen LogP contribution in [0.1, 0.15) is 31.1 Å². The summed E-state index contributed by atoms with van der Waals surface area (Å²) < 4.78 is 44.1. The van der Waals surface area contributed by atoms with Gasteiger partial charge in [-0.05, 0) is 45.0 Å². The van der Waals surface area contributed by atoms with Gasteiger partial charge in [0, 0.05) is 44.5 Å². The molecule has 0 saturated carbocycles. The van der Waals surface area contributed by atoms with Crippen molar-refractivity contribution in [3.63, 3.8) is 0 Å². The molecule has 1 aliphatic rings. The molecule has 0 aliphatic carbocycles. The lowest BCUT2D eigenvalue weighted by molar-refractivity contribution is 0.0955. The zero-order valence-corrected chi connectivity index (χ0v) is 21.3. The Kier molecular flexibility index (Phi) is 9.55. The molecule has 11 heteroatoms. The highest BCUT2D eigenvalue weighted by Crippen LogP contribution is 2.39. The van der Waals surface area contributed by atoms with E-state index in [4.69, 9.17) is 14.2 Å². The van der Waals surface area contributed by atoms with Gasteiger partial charge in [0.05, 0.1) is 25.6 Å². The monoisotopic (exact) mass is 506 g/mol. The number of carbonyl (C=O) groups is 1. The maximum absolute atomic E-state index is 12.8. The molecular formula is C24H34N4O6S. The van der Waals surface area contributed by atoms with Crippen LogP contribution in [0, 0.1) is 0 Å². The van der Waals surface area contributed by atoms with E-state index in [-0.39, 0.29) is 12.3 Å². The van der Waals surface area contributed by atoms with Gasteiger partial charge in [-0.15, -0.1) is 0 Å². The average molecular weight is 507 g/mol. The summed E-state index contributed by atoms with van der Waals surface area (Å²) in [7, 11) is -3.51. The van der Waals surface area contributed by atoms with Crippen LogP contribution in [0.4, 0.5) is 5.82 Å². The molecule has 1 N–H and O–H groups in total. The number of pyridine rings is 1. The first-order chi connectivity index (χ1) is 16.9. The second-order valence-electron chi connectivity index (χ2n) is 7.75. The van der Waals surface area contributed by atoms with E-state index in [2.05, 4.69) is 15.2 Å². The lowest BCUT2D eigenvalue weighted by Crippen LogP contribution is -2.50. The molecular weight excluding hydrogens is 472 g/mol. The highest BCUT2D eigenvalue weighted by Gasteiger charge is 2.27. The zero-order valence-electron chi connectivity index (χ0n) is 20.5. The quantitative estimate of drug-likeness (QED) is 0.466. The fourth-order valence-electron chi connectivity index (χ4n) is 3.78. The molecule has 1 amide bonds. The minimum Gasteiger partial charge on any atom is -0.490 e. The number of ether oxygens (including phenoxy) is 3. The molecule has 0 atom stereocenters. The predicted octanol–water partition coefficient (Wildman–Crippen LogP) is 2.16. The minimum atomic E-state index is -3.51. The van der Waals surface area contributed by atoms with Gasteiger partial charge < -0.3 is 24.4 Å². The van der Waals surface area contributed by atoms with Crippen molar-refractivity contribution in [3.05, 3.63) is 42.1 Å². The van der Waals surface area contributed by atoms with E-state index >= 15 is 0 Å². The number of rotatable bonds is 12. The number of amides is 1. The van der Waals surface area contributed by atoms with Gasteiger partial charge in [-0.25, -0.2) is 13.4 Å². The summed E-state index contributed by atoms with van der Waals surface area (Å²) in [4.78, 5) is 19.2. The first kappa shape index (κ1) is 26.6. The molecule has 10 nitrogen and oxygen atoms in total. The lowest BCUT2D eigenvalue weighted by Gasteiger charge is -2.34. The molecule has 1 aromatic heterocycles. The number of nitrogens with one attached hydrogen (secondary N) is 1. The van der Waals surface area contributed by atoms with Crippen LogP contribution >= 0.6 is 0 Å². The molecule has 1 aliphatic heterocycles. The Labute approximate surface area is 207 Å². The number of hydrogen-bond donors (Lipinski definition) is 1. The van der Waals surface area contributed by atoms with Crippen LogP contribution in [0.25, 0.3) is 0 Å². The molecule has 1 aromatic carbocycles. The number of aromatic nitrogens is 1. The Hall–Kier alpha value is -3.05. The van der Waals surface area contributed by atoms with Crippen LogP contribution < -0.4 is 24.4 Å². The van der Waals surface area contributed by atoms with Crippen LogP contribution in [0.2, 0.25) is 0 Å². The molecule has 35 heavy (non-hydrogen) atoms. The standard InChI is InChI=1S/C24H34N4O6S/c1-4-32-20-17-19(18-21(33-5-2)23(20)34-6-3)24(29)26-11-16-35(30,31)28-14-12-27(13-15-28)22-9-7-8-10-25-22/h7-10,17-18H,4-6,11-16H2,1-3H3,(H,26,29). The molecule has 0 spiro atoms. The average Bonchev–Trinajstić information content (AvgIpc) is 2.86. The van der Waals surface area contributed by atoms with E-state index in [0.717, 1.165) is 5.82 Å². The van der Waals surface area contributed by atoms with Crippen molar-refractivity contribution in [2.45, 2.75) is 20.8 Å². The summed E-state index contributed by atoms with van der Waals surface area (Å²) in [5, 5.41) is 2.70. The maximum atomic E-state index is 12.8. The van der Waals surface area contributed by atoms with Crippen molar-refractivity contribution in [2.24, 2.45) is 0 Å². The molecule has 1 fully saturated rings. The molecule has 2 heterocycles. The predicted molar refractivity (Wildman–Crippen MR) is 134 cm³/mol. The van der Waals surface area contributed by atoms with Gasteiger partial charge in [-0.3, -0.25) is 4.79 Å². The Morgan fingerprint density at radius 2 is 1.60 bits per heavy atom. The molecule has 192 valence electrons. The number of carbonyl (C=O) groups excluding carboxylic acids is 1. The number of benzene rings is 1. The van der Waals surface area contributed by atoms with E-state index in [9.17, 15) is 13.2 Å². The van der Waals surface area contributed by atoms with E-state index < -0.39 is 15.9 Å². The molecule has 3 rings (SSSR count). The first-order valence-corrected chi connectivity index (χ1v) is 13.5. The van der Waals surface area contributed by atoms with Crippen molar-refractivity contribution in [1.82, 2.24) is 14.6 Å². The molecule has 0 bridgehead atoms. The molecule has 0 radical (unpaired) electrons. The van der Waals surface area contributed by atoms with Crippen LogP contribution in [-0.2, 0) is 10.0 Å². The van der Waals surface area contributed by atoms with E-state index in [1.54, 1.807) is 18.3 Å². The zero-order chi connectivity index (χ0) is 25.3. The van der Waals surface area contributed by atoms with Crippen molar-refractivity contribution in [3.8, 4) is 17.2 Å². The van der Waals surface area contributed by atoms with Crippen molar-refractivity contribution >= 4 is 21.7 Å². The Balaban J connectivity index is 1.59. The third kappa shape index (κ3) is 6.98. The van der Waals surface area contributed by atoms with Crippen LogP contribution in [0.15, 0.2) is 36.5 Å². The van der Waals surface area contributed by atoms with Crippen LogP contribution in [0.5, 0.6) is 17.2 Å². The number of hydrogen-bond acceptors (Lipinski definition) is 8. The fraction of sp³-hybridized carbons (Fsp3) is 0.500. The molecule has 0 unspecified atom stereocenters. The van der Waals surface area contributed by atoms with Gasteiger partial charge in [0.2, 0.25) is 15.8 Å². The van der Waals surface area contributed by atoms with Gasteiger partial charge in [0.1, 0.15) is 5.82 Å². The number of piperazine rings is 1. The highest BCUT2D eigenvalue weighted by molar-refractivity contribution is 7.89. The van der Waals surface area contributed by atoms with Crippen LogP contribution in [0.3, 0.4) is 0 Å². The van der Waals surface area contributed by atoms with Crippen molar-refractivity contribution in [1.29, 1.82) is 0 Å². The van der Waals surface area contributed by atoms with E-state index in [1.807, 2.05) is 39.0 Å². The third-order valence-electron chi connectivity index (χ3n) is 5.42. The minimum absolute atomic E-state index is 0.0111. The van der Waals surface area contributed by atoms with Gasteiger partial charge >= 0.3 is 0 Å². The fourth-order valence-corrected chi connectivity index (χ4v) is 5.12. The van der Waals surface area contributed by atoms with Crippen molar-refractivity contribution < 1.29 is 27.4 Å². The van der Waals surface area contributed by atoms with Crippen molar-refractivity contribution in [2.75, 3.05) is 63.2 Å². The van der Waals surface area contributed by atoms with Gasteiger partial charge in [0.15, 0.2) is 11.5 Å². The van der Waals surface area contributed by atoms with Gasteiger partial charge in [-0.2, -0.15) is 4.31 Å². The number of nitrogens with zero attached hydrogens (tertiary/aromatic N) is 3. The van der Waals surface area contributed by atoms with Crippen LogP contribution in [-0.4, -0.2) is 81.9 Å². The normalized spacial score (nSPS) is 14.4.